The highest BCUT2D eigenvalue weighted by Gasteiger charge is 2.22. The van der Waals surface area contributed by atoms with Crippen molar-refractivity contribution in [3.63, 3.8) is 0 Å². The molecule has 0 radical (unpaired) electrons. The van der Waals surface area contributed by atoms with Crippen molar-refractivity contribution in [2.75, 3.05) is 17.7 Å². The molecule has 0 amide bonds. The van der Waals surface area contributed by atoms with Crippen LogP contribution in [-0.4, -0.2) is 21.9 Å². The van der Waals surface area contributed by atoms with E-state index in [-0.39, 0.29) is 11.5 Å². The van der Waals surface area contributed by atoms with E-state index in [1.807, 2.05) is 30.3 Å². The van der Waals surface area contributed by atoms with Crippen LogP contribution in [0.15, 0.2) is 30.3 Å². The smallest absolute Gasteiger partial charge is 0.332 e. The monoisotopic (exact) mass is 273 g/mol. The van der Waals surface area contributed by atoms with Gasteiger partial charge in [-0.2, -0.15) is 4.98 Å². The predicted octanol–water partition coefficient (Wildman–Crippen LogP) is 2.30. The Morgan fingerprint density at radius 1 is 1.30 bits per heavy atom. The van der Waals surface area contributed by atoms with Gasteiger partial charge in [0, 0.05) is 12.7 Å². The van der Waals surface area contributed by atoms with Crippen LogP contribution in [-0.2, 0) is 6.42 Å². The molecule has 1 aromatic carbocycles. The lowest BCUT2D eigenvalue weighted by atomic mass is 10.2. The fraction of sp³-hybridized carbons (Fsp3) is 0.231. The number of para-hydroxylation sites is 1. The van der Waals surface area contributed by atoms with Crippen molar-refractivity contribution in [3.8, 4) is 0 Å². The van der Waals surface area contributed by atoms with Crippen molar-refractivity contribution in [1.82, 2.24) is 9.97 Å². The zero-order valence-electron chi connectivity index (χ0n) is 11.3. The number of nitrogen functional groups attached to an aromatic ring is 1. The Morgan fingerprint density at radius 2 is 1.95 bits per heavy atom. The van der Waals surface area contributed by atoms with Crippen LogP contribution in [0.25, 0.3) is 0 Å². The Bertz CT molecular complexity index is 630. The number of aromatic nitrogens is 2. The first-order valence-electron chi connectivity index (χ1n) is 6.14. The molecule has 104 valence electrons. The predicted molar refractivity (Wildman–Crippen MR) is 77.0 cm³/mol. The first kappa shape index (κ1) is 13.7. The number of nitro groups is 1. The van der Waals surface area contributed by atoms with E-state index in [9.17, 15) is 10.1 Å². The molecule has 2 rings (SSSR count). The molecule has 0 bridgehead atoms. The van der Waals surface area contributed by atoms with Gasteiger partial charge in [-0.15, -0.1) is 0 Å². The highest BCUT2D eigenvalue weighted by molar-refractivity contribution is 5.63. The summed E-state index contributed by atoms with van der Waals surface area (Å²) >= 11 is 0. The Hall–Kier alpha value is -2.70. The molecular weight excluding hydrogens is 258 g/mol. The van der Waals surface area contributed by atoms with Gasteiger partial charge < -0.3 is 10.6 Å². The molecule has 1 aromatic heterocycles. The molecule has 2 N–H and O–H groups in total. The molecular formula is C13H15N5O2. The molecule has 2 aromatic rings. The Kier molecular flexibility index (Phi) is 3.79. The molecule has 0 fully saturated rings. The lowest BCUT2D eigenvalue weighted by molar-refractivity contribution is -0.385. The maximum atomic E-state index is 11.0. The highest BCUT2D eigenvalue weighted by Crippen LogP contribution is 2.28. The minimum Gasteiger partial charge on any atom is -0.378 e. The lowest BCUT2D eigenvalue weighted by Gasteiger charge is -2.18. The van der Waals surface area contributed by atoms with Crippen LogP contribution >= 0.6 is 0 Å². The second-order valence-corrected chi connectivity index (χ2v) is 4.21. The Labute approximate surface area is 116 Å². The number of hydrogen-bond donors (Lipinski definition) is 1. The number of hydrogen-bond acceptors (Lipinski definition) is 6. The molecule has 7 heteroatoms. The summed E-state index contributed by atoms with van der Waals surface area (Å²) in [6.45, 7) is 1.79. The Morgan fingerprint density at radius 3 is 2.50 bits per heavy atom. The number of nitrogens with two attached hydrogens (primary N) is 1. The summed E-state index contributed by atoms with van der Waals surface area (Å²) in [5, 5.41) is 11.0. The molecule has 0 saturated carbocycles. The molecule has 7 nitrogen and oxygen atoms in total. The minimum absolute atomic E-state index is 0.111. The molecule has 1 heterocycles. The van der Waals surface area contributed by atoms with Gasteiger partial charge in [0.1, 0.15) is 5.69 Å². The van der Waals surface area contributed by atoms with E-state index < -0.39 is 4.92 Å². The SMILES string of the molecule is CCc1nc(N(C)c2ccccc2)nc(N)c1[N+](=O)[O-]. The number of anilines is 3. The van der Waals surface area contributed by atoms with Gasteiger partial charge in [-0.3, -0.25) is 10.1 Å². The van der Waals surface area contributed by atoms with Crippen LogP contribution < -0.4 is 10.6 Å². The van der Waals surface area contributed by atoms with Crippen LogP contribution in [0.4, 0.5) is 23.1 Å². The van der Waals surface area contributed by atoms with Crippen molar-refractivity contribution in [2.45, 2.75) is 13.3 Å². The van der Waals surface area contributed by atoms with Crippen LogP contribution in [0.2, 0.25) is 0 Å². The molecule has 0 unspecified atom stereocenters. The van der Waals surface area contributed by atoms with Gasteiger partial charge in [0.25, 0.3) is 0 Å². The standard InChI is InChI=1S/C13H15N5O2/c1-3-10-11(18(19)20)12(14)16-13(15-10)17(2)9-7-5-4-6-8-9/h4-8H,3H2,1-2H3,(H2,14,15,16). The quantitative estimate of drug-likeness (QED) is 0.678. The van der Waals surface area contributed by atoms with Crippen molar-refractivity contribution in [1.29, 1.82) is 0 Å². The lowest BCUT2D eigenvalue weighted by Crippen LogP contribution is -2.16. The largest absolute Gasteiger partial charge is 0.378 e. The van der Waals surface area contributed by atoms with Crippen LogP contribution in [0.1, 0.15) is 12.6 Å². The van der Waals surface area contributed by atoms with Gasteiger partial charge in [0.15, 0.2) is 0 Å². The van der Waals surface area contributed by atoms with E-state index in [1.165, 1.54) is 0 Å². The molecule has 0 aliphatic rings. The average molecular weight is 273 g/mol. The fourth-order valence-electron chi connectivity index (χ4n) is 1.87. The van der Waals surface area contributed by atoms with Gasteiger partial charge in [0.2, 0.25) is 11.8 Å². The second-order valence-electron chi connectivity index (χ2n) is 4.21. The first-order chi connectivity index (χ1) is 9.54. The summed E-state index contributed by atoms with van der Waals surface area (Å²) in [7, 11) is 1.79. The molecule has 0 atom stereocenters. The maximum absolute atomic E-state index is 11.0. The average Bonchev–Trinajstić information content (AvgIpc) is 2.46. The van der Waals surface area contributed by atoms with E-state index in [0.29, 0.717) is 18.1 Å². The topological polar surface area (TPSA) is 98.2 Å². The summed E-state index contributed by atoms with van der Waals surface area (Å²) in [6.07, 6.45) is 0.415. The van der Waals surface area contributed by atoms with Crippen LogP contribution in [0.3, 0.4) is 0 Å². The van der Waals surface area contributed by atoms with E-state index in [2.05, 4.69) is 9.97 Å². The summed E-state index contributed by atoms with van der Waals surface area (Å²) in [5.41, 5.74) is 6.70. The van der Waals surface area contributed by atoms with Crippen molar-refractivity contribution in [2.24, 2.45) is 0 Å². The number of aryl methyl sites for hydroxylation is 1. The van der Waals surface area contributed by atoms with E-state index >= 15 is 0 Å². The van der Waals surface area contributed by atoms with E-state index in [4.69, 9.17) is 5.73 Å². The third-order valence-corrected chi connectivity index (χ3v) is 2.93. The Balaban J connectivity index is 2.49. The number of benzene rings is 1. The second kappa shape index (κ2) is 5.52. The number of nitrogens with zero attached hydrogens (tertiary/aromatic N) is 4. The van der Waals surface area contributed by atoms with Crippen LogP contribution in [0, 0.1) is 10.1 Å². The zero-order chi connectivity index (χ0) is 14.7. The van der Waals surface area contributed by atoms with Gasteiger partial charge in [-0.25, -0.2) is 4.98 Å². The minimum atomic E-state index is -0.541. The third kappa shape index (κ3) is 2.51. The summed E-state index contributed by atoms with van der Waals surface area (Å²) in [6, 6.07) is 9.47. The molecule has 0 aliphatic carbocycles. The number of rotatable bonds is 4. The molecule has 0 spiro atoms. The molecule has 0 saturated heterocycles. The third-order valence-electron chi connectivity index (χ3n) is 2.93. The van der Waals surface area contributed by atoms with E-state index in [0.717, 1.165) is 5.69 Å². The fourth-order valence-corrected chi connectivity index (χ4v) is 1.87. The summed E-state index contributed by atoms with van der Waals surface area (Å²) in [5.74, 6) is 0.232. The van der Waals surface area contributed by atoms with E-state index in [1.54, 1.807) is 18.9 Å². The zero-order valence-corrected chi connectivity index (χ0v) is 11.3. The maximum Gasteiger partial charge on any atom is 0.332 e. The van der Waals surface area contributed by atoms with Gasteiger partial charge in [-0.05, 0) is 18.6 Å². The van der Waals surface area contributed by atoms with Crippen molar-refractivity contribution < 1.29 is 4.92 Å². The van der Waals surface area contributed by atoms with Gasteiger partial charge >= 0.3 is 5.69 Å². The molecule has 20 heavy (non-hydrogen) atoms. The van der Waals surface area contributed by atoms with Gasteiger partial charge in [0.05, 0.1) is 4.92 Å². The van der Waals surface area contributed by atoms with Crippen LogP contribution in [0.5, 0.6) is 0 Å². The summed E-state index contributed by atoms with van der Waals surface area (Å²) < 4.78 is 0. The van der Waals surface area contributed by atoms with Crippen molar-refractivity contribution >= 4 is 23.1 Å². The molecule has 0 aliphatic heterocycles. The normalized spacial score (nSPS) is 10.3. The summed E-state index contributed by atoms with van der Waals surface area (Å²) in [4.78, 5) is 20.5. The van der Waals surface area contributed by atoms with Gasteiger partial charge in [-0.1, -0.05) is 25.1 Å². The van der Waals surface area contributed by atoms with Crippen molar-refractivity contribution in [3.05, 3.63) is 46.1 Å². The highest BCUT2D eigenvalue weighted by atomic mass is 16.6. The first-order valence-corrected chi connectivity index (χ1v) is 6.14.